The third-order valence-corrected chi connectivity index (χ3v) is 5.33. The van der Waals surface area contributed by atoms with Crippen molar-refractivity contribution >= 4 is 29.3 Å². The molecule has 0 bridgehead atoms. The molecule has 3 N–H and O–H groups in total. The Hall–Kier alpha value is -2.90. The van der Waals surface area contributed by atoms with Crippen LogP contribution in [0.15, 0.2) is 18.2 Å². The molecule has 1 saturated heterocycles. The molecule has 27 heavy (non-hydrogen) atoms. The Balaban J connectivity index is 1.60. The number of piperidine rings is 1. The number of imide groups is 1. The maximum atomic E-state index is 13.3. The van der Waals surface area contributed by atoms with Gasteiger partial charge in [-0.2, -0.15) is 0 Å². The summed E-state index contributed by atoms with van der Waals surface area (Å²) in [6, 6.07) is 4.77. The van der Waals surface area contributed by atoms with E-state index < -0.39 is 11.9 Å². The molecule has 8 heteroatoms. The van der Waals surface area contributed by atoms with Crippen molar-refractivity contribution in [1.82, 2.24) is 15.5 Å². The lowest BCUT2D eigenvalue weighted by Crippen LogP contribution is -2.60. The number of benzene rings is 1. The number of amides is 4. The van der Waals surface area contributed by atoms with Gasteiger partial charge in [0.2, 0.25) is 17.7 Å². The monoisotopic (exact) mass is 370 g/mol. The molecule has 1 aromatic rings. The van der Waals surface area contributed by atoms with Crippen LogP contribution in [0.5, 0.6) is 0 Å². The van der Waals surface area contributed by atoms with E-state index >= 15 is 0 Å². The van der Waals surface area contributed by atoms with Crippen molar-refractivity contribution in [1.29, 1.82) is 0 Å². The Morgan fingerprint density at radius 3 is 2.70 bits per heavy atom. The van der Waals surface area contributed by atoms with Crippen molar-refractivity contribution in [2.24, 2.45) is 5.92 Å². The minimum atomic E-state index is -0.694. The number of fused-ring (bicyclic) bond motifs is 1. The molecule has 8 nitrogen and oxygen atoms in total. The van der Waals surface area contributed by atoms with Crippen LogP contribution in [0.2, 0.25) is 0 Å². The van der Waals surface area contributed by atoms with E-state index in [1.54, 1.807) is 0 Å². The molecule has 0 aromatic heterocycles. The van der Waals surface area contributed by atoms with Gasteiger partial charge in [-0.05, 0) is 37.8 Å². The van der Waals surface area contributed by atoms with E-state index in [0.29, 0.717) is 23.2 Å². The summed E-state index contributed by atoms with van der Waals surface area (Å²) >= 11 is 0. The van der Waals surface area contributed by atoms with Gasteiger partial charge in [-0.15, -0.1) is 0 Å². The molecule has 0 spiro atoms. The Morgan fingerprint density at radius 2 is 2.00 bits per heavy atom. The average molecular weight is 370 g/mol. The second-order valence-electron chi connectivity index (χ2n) is 7.33. The molecule has 4 amide bonds. The molecule has 2 fully saturated rings. The van der Waals surface area contributed by atoms with Gasteiger partial charge in [-0.3, -0.25) is 24.5 Å². The molecule has 3 aliphatic rings. The van der Waals surface area contributed by atoms with Crippen molar-refractivity contribution in [3.8, 4) is 0 Å². The molecular formula is C19H22N4O4. The fraction of sp³-hybridized carbons (Fsp3) is 0.474. The van der Waals surface area contributed by atoms with Crippen LogP contribution in [0.4, 0.5) is 5.69 Å². The van der Waals surface area contributed by atoms with Crippen molar-refractivity contribution in [3.05, 3.63) is 29.3 Å². The van der Waals surface area contributed by atoms with Crippen LogP contribution in [0.25, 0.3) is 0 Å². The number of rotatable bonds is 4. The van der Waals surface area contributed by atoms with Crippen molar-refractivity contribution in [2.45, 2.75) is 51.4 Å². The van der Waals surface area contributed by atoms with Crippen LogP contribution in [0, 0.1) is 5.92 Å². The minimum absolute atomic E-state index is 0.0132. The number of carbonyl (C=O) groups excluding carboxylic acids is 4. The molecule has 2 unspecified atom stereocenters. The van der Waals surface area contributed by atoms with E-state index in [4.69, 9.17) is 0 Å². The summed E-state index contributed by atoms with van der Waals surface area (Å²) in [5, 5.41) is 8.46. The van der Waals surface area contributed by atoms with Crippen molar-refractivity contribution in [2.75, 3.05) is 5.32 Å². The Morgan fingerprint density at radius 1 is 1.22 bits per heavy atom. The van der Waals surface area contributed by atoms with Crippen LogP contribution >= 0.6 is 0 Å². The lowest BCUT2D eigenvalue weighted by atomic mass is 9.96. The average Bonchev–Trinajstić information content (AvgIpc) is 3.46. The van der Waals surface area contributed by atoms with Crippen LogP contribution in [0.3, 0.4) is 0 Å². The van der Waals surface area contributed by atoms with E-state index in [9.17, 15) is 19.2 Å². The number of hydrogen-bond acceptors (Lipinski definition) is 5. The third-order valence-electron chi connectivity index (χ3n) is 5.33. The lowest BCUT2D eigenvalue weighted by molar-refractivity contribution is -0.137. The molecule has 0 radical (unpaired) electrons. The second kappa shape index (κ2) is 6.68. The van der Waals surface area contributed by atoms with Gasteiger partial charge in [0.25, 0.3) is 5.91 Å². The van der Waals surface area contributed by atoms with E-state index in [0.717, 1.165) is 12.8 Å². The summed E-state index contributed by atoms with van der Waals surface area (Å²) in [6.45, 7) is 2.08. The van der Waals surface area contributed by atoms with Gasteiger partial charge in [-0.25, -0.2) is 0 Å². The zero-order chi connectivity index (χ0) is 19.1. The number of carbonyl (C=O) groups is 4. The highest BCUT2D eigenvalue weighted by molar-refractivity contribution is 6.07. The Bertz CT molecular complexity index is 833. The predicted octanol–water partition coefficient (Wildman–Crippen LogP) is 0.732. The van der Waals surface area contributed by atoms with Gasteiger partial charge in [0.05, 0.1) is 11.7 Å². The van der Waals surface area contributed by atoms with Crippen LogP contribution < -0.4 is 16.0 Å². The van der Waals surface area contributed by atoms with E-state index in [2.05, 4.69) is 16.0 Å². The fourth-order valence-corrected chi connectivity index (χ4v) is 3.75. The standard InChI is InChI=1S/C19H22N4O4/c1-10-21-13-4-2-3-12(9-20-17(25)11-5-6-11)16(13)19(27)23(10)14-7-8-15(24)22-18(14)26/h2-4,10-11,14,21H,5-9H2,1H3,(H,20,25)(H,22,24,26). The van der Waals surface area contributed by atoms with Crippen LogP contribution in [0.1, 0.15) is 48.5 Å². The zero-order valence-electron chi connectivity index (χ0n) is 15.1. The topological polar surface area (TPSA) is 108 Å². The highest BCUT2D eigenvalue weighted by Crippen LogP contribution is 2.32. The molecular weight excluding hydrogens is 348 g/mol. The zero-order valence-corrected chi connectivity index (χ0v) is 15.1. The summed E-state index contributed by atoms with van der Waals surface area (Å²) in [6.07, 6.45) is 1.96. The first kappa shape index (κ1) is 17.5. The number of hydrogen-bond donors (Lipinski definition) is 3. The maximum absolute atomic E-state index is 13.3. The largest absolute Gasteiger partial charge is 0.365 e. The molecule has 2 aliphatic heterocycles. The number of nitrogens with one attached hydrogen (secondary N) is 3. The summed E-state index contributed by atoms with van der Waals surface area (Å²) in [4.78, 5) is 50.4. The molecule has 1 saturated carbocycles. The van der Waals surface area contributed by atoms with Gasteiger partial charge in [-0.1, -0.05) is 12.1 Å². The normalized spacial score (nSPS) is 24.8. The summed E-state index contributed by atoms with van der Waals surface area (Å²) in [5.41, 5.74) is 1.87. The first-order valence-corrected chi connectivity index (χ1v) is 9.28. The Labute approximate surface area is 156 Å². The minimum Gasteiger partial charge on any atom is -0.365 e. The molecule has 4 rings (SSSR count). The third kappa shape index (κ3) is 3.27. The number of anilines is 1. The van der Waals surface area contributed by atoms with E-state index in [1.165, 1.54) is 4.90 Å². The fourth-order valence-electron chi connectivity index (χ4n) is 3.75. The van der Waals surface area contributed by atoms with Gasteiger partial charge >= 0.3 is 0 Å². The highest BCUT2D eigenvalue weighted by atomic mass is 16.2. The van der Waals surface area contributed by atoms with Gasteiger partial charge < -0.3 is 15.5 Å². The first-order valence-electron chi connectivity index (χ1n) is 9.28. The maximum Gasteiger partial charge on any atom is 0.258 e. The van der Waals surface area contributed by atoms with Crippen molar-refractivity contribution < 1.29 is 19.2 Å². The van der Waals surface area contributed by atoms with E-state index in [1.807, 2.05) is 25.1 Å². The quantitative estimate of drug-likeness (QED) is 0.678. The highest BCUT2D eigenvalue weighted by Gasteiger charge is 2.41. The van der Waals surface area contributed by atoms with E-state index in [-0.39, 0.29) is 42.8 Å². The number of nitrogens with zero attached hydrogens (tertiary/aromatic N) is 1. The summed E-state index contributed by atoms with van der Waals surface area (Å²) < 4.78 is 0. The lowest BCUT2D eigenvalue weighted by Gasteiger charge is -2.41. The summed E-state index contributed by atoms with van der Waals surface area (Å²) in [5.74, 6) is -0.916. The predicted molar refractivity (Wildman–Crippen MR) is 96.4 cm³/mol. The van der Waals surface area contributed by atoms with Crippen molar-refractivity contribution in [3.63, 3.8) is 0 Å². The molecule has 1 aromatic carbocycles. The van der Waals surface area contributed by atoms with Gasteiger partial charge in [0.15, 0.2) is 0 Å². The van der Waals surface area contributed by atoms with Crippen LogP contribution in [-0.2, 0) is 20.9 Å². The first-order chi connectivity index (χ1) is 13.0. The molecule has 142 valence electrons. The SMILES string of the molecule is CC1Nc2cccc(CNC(=O)C3CC3)c2C(=O)N1C1CCC(=O)NC1=O. The Kier molecular flexibility index (Phi) is 4.33. The molecule has 2 heterocycles. The molecule has 2 atom stereocenters. The van der Waals surface area contributed by atoms with Gasteiger partial charge in [0, 0.05) is 24.6 Å². The van der Waals surface area contributed by atoms with Crippen LogP contribution in [-0.4, -0.2) is 40.7 Å². The smallest absolute Gasteiger partial charge is 0.258 e. The molecule has 1 aliphatic carbocycles. The van der Waals surface area contributed by atoms with Gasteiger partial charge in [0.1, 0.15) is 6.04 Å². The summed E-state index contributed by atoms with van der Waals surface area (Å²) in [7, 11) is 0. The second-order valence-corrected chi connectivity index (χ2v) is 7.33.